The zero-order valence-electron chi connectivity index (χ0n) is 18.8. The van der Waals surface area contributed by atoms with Crippen LogP contribution in [0.1, 0.15) is 56.8 Å². The number of pyridine rings is 1. The van der Waals surface area contributed by atoms with Gasteiger partial charge < -0.3 is 10.6 Å². The third-order valence-corrected chi connectivity index (χ3v) is 6.51. The minimum atomic E-state index is -0.965. The van der Waals surface area contributed by atoms with Crippen LogP contribution in [-0.4, -0.2) is 52.6 Å². The largest absolute Gasteiger partial charge is 0.379 e. The van der Waals surface area contributed by atoms with Gasteiger partial charge in [0.25, 0.3) is 11.8 Å². The first-order valence-corrected chi connectivity index (χ1v) is 11.4. The molecule has 4 amide bonds. The number of hydrogen-bond acceptors (Lipinski definition) is 7. The smallest absolute Gasteiger partial charge is 0.262 e. The first-order chi connectivity index (χ1) is 16.4. The Morgan fingerprint density at radius 1 is 1.09 bits per heavy atom. The van der Waals surface area contributed by atoms with Crippen molar-refractivity contribution in [2.75, 3.05) is 18.4 Å². The fraction of sp³-hybridized carbons (Fsp3) is 0.320. The molecule has 1 atom stereocenters. The molecule has 3 aliphatic heterocycles. The number of fused-ring (bicyclic) bond motifs is 1. The van der Waals surface area contributed by atoms with Gasteiger partial charge in [0.1, 0.15) is 6.04 Å². The quantitative estimate of drug-likeness (QED) is 0.583. The molecule has 34 heavy (non-hydrogen) atoms. The summed E-state index contributed by atoms with van der Waals surface area (Å²) in [5.41, 5.74) is 5.51. The van der Waals surface area contributed by atoms with E-state index in [4.69, 9.17) is 0 Å². The molecule has 1 aromatic heterocycles. The van der Waals surface area contributed by atoms with Gasteiger partial charge in [0.05, 0.1) is 22.5 Å². The lowest BCUT2D eigenvalue weighted by Gasteiger charge is -2.27. The van der Waals surface area contributed by atoms with Crippen molar-refractivity contribution in [1.29, 1.82) is 0 Å². The van der Waals surface area contributed by atoms with E-state index in [0.29, 0.717) is 6.54 Å². The first-order valence-electron chi connectivity index (χ1n) is 11.4. The van der Waals surface area contributed by atoms with Gasteiger partial charge in [0.2, 0.25) is 11.8 Å². The summed E-state index contributed by atoms with van der Waals surface area (Å²) in [7, 11) is 0. The van der Waals surface area contributed by atoms with E-state index in [1.807, 2.05) is 13.1 Å². The molecule has 0 spiro atoms. The minimum Gasteiger partial charge on any atom is -0.379 e. The van der Waals surface area contributed by atoms with E-state index in [0.717, 1.165) is 46.9 Å². The van der Waals surface area contributed by atoms with Crippen LogP contribution in [0.2, 0.25) is 0 Å². The van der Waals surface area contributed by atoms with Crippen molar-refractivity contribution < 1.29 is 19.2 Å². The molecule has 174 valence electrons. The number of hydrogen-bond donors (Lipinski definition) is 3. The number of nitrogens with zero attached hydrogens (tertiary/aromatic N) is 2. The van der Waals surface area contributed by atoms with E-state index < -0.39 is 29.7 Å². The fourth-order valence-electron chi connectivity index (χ4n) is 4.60. The Morgan fingerprint density at radius 3 is 2.68 bits per heavy atom. The molecule has 2 aromatic rings. The molecule has 3 aliphatic rings. The lowest BCUT2D eigenvalue weighted by molar-refractivity contribution is -0.136. The van der Waals surface area contributed by atoms with E-state index in [2.05, 4.69) is 33.1 Å². The predicted octanol–water partition coefficient (Wildman–Crippen LogP) is 1.78. The zero-order valence-corrected chi connectivity index (χ0v) is 18.8. The number of carbonyl (C=O) groups excluding carboxylic acids is 4. The second-order valence-corrected chi connectivity index (χ2v) is 8.72. The van der Waals surface area contributed by atoms with E-state index in [1.165, 1.54) is 5.57 Å². The van der Waals surface area contributed by atoms with Crippen molar-refractivity contribution in [2.45, 2.75) is 38.8 Å². The van der Waals surface area contributed by atoms with Crippen LogP contribution < -0.4 is 16.0 Å². The number of carbonyl (C=O) groups is 4. The van der Waals surface area contributed by atoms with Crippen LogP contribution in [0.5, 0.6) is 0 Å². The summed E-state index contributed by atoms with van der Waals surface area (Å²) in [6, 6.07) is 6.24. The maximum atomic E-state index is 13.0. The van der Waals surface area contributed by atoms with Crippen LogP contribution in [0.25, 0.3) is 5.57 Å². The van der Waals surface area contributed by atoms with Gasteiger partial charge in [-0.1, -0.05) is 12.1 Å². The number of imide groups is 2. The average molecular weight is 460 g/mol. The van der Waals surface area contributed by atoms with Crippen LogP contribution in [0.15, 0.2) is 36.5 Å². The molecule has 0 radical (unpaired) electrons. The number of anilines is 1. The van der Waals surface area contributed by atoms with Crippen molar-refractivity contribution in [3.05, 3.63) is 64.5 Å². The maximum Gasteiger partial charge on any atom is 0.262 e. The van der Waals surface area contributed by atoms with Crippen LogP contribution in [0, 0.1) is 6.92 Å². The molecule has 9 nitrogen and oxygen atoms in total. The zero-order chi connectivity index (χ0) is 23.8. The molecule has 0 aliphatic carbocycles. The number of amides is 4. The van der Waals surface area contributed by atoms with Gasteiger partial charge in [0.15, 0.2) is 0 Å². The van der Waals surface area contributed by atoms with Crippen LogP contribution >= 0.6 is 0 Å². The third-order valence-electron chi connectivity index (χ3n) is 6.51. The summed E-state index contributed by atoms with van der Waals surface area (Å²) in [6.45, 7) is 4.18. The Hall–Kier alpha value is -3.85. The average Bonchev–Trinajstić information content (AvgIpc) is 3.08. The molecular formula is C25H25N5O4. The number of piperidine rings is 1. The molecular weight excluding hydrogens is 434 g/mol. The lowest BCUT2D eigenvalue weighted by Crippen LogP contribution is -2.54. The summed E-state index contributed by atoms with van der Waals surface area (Å²) in [5, 5.41) is 8.91. The Balaban J connectivity index is 1.33. The van der Waals surface area contributed by atoms with Gasteiger partial charge in [-0.25, -0.2) is 0 Å². The van der Waals surface area contributed by atoms with Crippen LogP contribution in [0.3, 0.4) is 0 Å². The van der Waals surface area contributed by atoms with Crippen molar-refractivity contribution in [2.24, 2.45) is 0 Å². The second-order valence-electron chi connectivity index (χ2n) is 8.72. The molecule has 5 rings (SSSR count). The Kier molecular flexibility index (Phi) is 5.70. The standard InChI is InChI=1S/C25H25N5O4/c1-14-20(11-17(13-27-14)16-6-8-26-9-7-16)28-12-15-2-3-18-19(10-15)25(34)30(24(18)33)21-4-5-22(31)29-23(21)32/h2-3,6,10-11,13,21,26,28H,4-5,7-9,12H2,1H3,(H,29,31,32). The van der Waals surface area contributed by atoms with Gasteiger partial charge in [0, 0.05) is 25.7 Å². The highest BCUT2D eigenvalue weighted by atomic mass is 16.2. The summed E-state index contributed by atoms with van der Waals surface area (Å²) < 4.78 is 0. The van der Waals surface area contributed by atoms with Gasteiger partial charge in [-0.2, -0.15) is 0 Å². The maximum absolute atomic E-state index is 13.0. The Bertz CT molecular complexity index is 1250. The number of rotatable bonds is 5. The molecule has 1 unspecified atom stereocenters. The van der Waals surface area contributed by atoms with Crippen molar-refractivity contribution in [3.8, 4) is 0 Å². The summed E-state index contributed by atoms with van der Waals surface area (Å²) in [4.78, 5) is 55.1. The van der Waals surface area contributed by atoms with Crippen molar-refractivity contribution in [1.82, 2.24) is 20.5 Å². The highest BCUT2D eigenvalue weighted by molar-refractivity contribution is 6.23. The van der Waals surface area contributed by atoms with E-state index in [-0.39, 0.29) is 24.0 Å². The molecule has 4 heterocycles. The number of nitrogens with one attached hydrogen (secondary N) is 3. The minimum absolute atomic E-state index is 0.0961. The van der Waals surface area contributed by atoms with Crippen LogP contribution in [0.4, 0.5) is 5.69 Å². The normalized spacial score (nSPS) is 20.2. The highest BCUT2D eigenvalue weighted by Crippen LogP contribution is 2.29. The lowest BCUT2D eigenvalue weighted by atomic mass is 10.0. The Morgan fingerprint density at radius 2 is 1.91 bits per heavy atom. The summed E-state index contributed by atoms with van der Waals surface area (Å²) >= 11 is 0. The van der Waals surface area contributed by atoms with Gasteiger partial charge in [-0.3, -0.25) is 34.4 Å². The van der Waals surface area contributed by atoms with E-state index in [9.17, 15) is 19.2 Å². The van der Waals surface area contributed by atoms with Crippen molar-refractivity contribution >= 4 is 34.9 Å². The van der Waals surface area contributed by atoms with Crippen LogP contribution in [-0.2, 0) is 16.1 Å². The Labute approximate surface area is 196 Å². The highest BCUT2D eigenvalue weighted by Gasteiger charge is 2.44. The van der Waals surface area contributed by atoms with Crippen molar-refractivity contribution in [3.63, 3.8) is 0 Å². The topological polar surface area (TPSA) is 120 Å². The van der Waals surface area contributed by atoms with Gasteiger partial charge in [-0.05, 0) is 61.2 Å². The third kappa shape index (κ3) is 3.99. The fourth-order valence-corrected chi connectivity index (χ4v) is 4.60. The number of aryl methyl sites for hydroxylation is 1. The molecule has 1 aromatic carbocycles. The molecule has 3 N–H and O–H groups in total. The SMILES string of the molecule is Cc1ncc(C2=CCNCC2)cc1NCc1ccc2c(c1)C(=O)N(C1CCC(=O)NC1=O)C2=O. The molecule has 0 bridgehead atoms. The van der Waals surface area contributed by atoms with Gasteiger partial charge in [-0.15, -0.1) is 0 Å². The monoisotopic (exact) mass is 459 g/mol. The summed E-state index contributed by atoms with van der Waals surface area (Å²) in [6.07, 6.45) is 5.26. The predicted molar refractivity (Wildman–Crippen MR) is 125 cm³/mol. The van der Waals surface area contributed by atoms with E-state index in [1.54, 1.807) is 18.2 Å². The first kappa shape index (κ1) is 22.0. The molecule has 1 fully saturated rings. The summed E-state index contributed by atoms with van der Waals surface area (Å²) in [5.74, 6) is -2.01. The number of benzene rings is 1. The molecule has 9 heteroatoms. The number of aromatic nitrogens is 1. The second kappa shape index (κ2) is 8.83. The molecule has 1 saturated heterocycles. The van der Waals surface area contributed by atoms with E-state index >= 15 is 0 Å². The van der Waals surface area contributed by atoms with Gasteiger partial charge >= 0.3 is 0 Å². The molecule has 0 saturated carbocycles.